The van der Waals surface area contributed by atoms with Crippen molar-refractivity contribution in [2.75, 3.05) is 22.9 Å². The largest absolute Gasteiger partial charge is 0.341 e. The zero-order valence-electron chi connectivity index (χ0n) is 21.9. The second-order valence-corrected chi connectivity index (χ2v) is 10.2. The molecule has 2 aliphatic rings. The molecule has 1 aliphatic carbocycles. The number of nitrogens with zero attached hydrogens (tertiary/aromatic N) is 2. The topological polar surface area (TPSA) is 98.8 Å². The molecule has 2 N–H and O–H groups in total. The molecular weight excluding hydrogens is 480 g/mol. The van der Waals surface area contributed by atoms with Gasteiger partial charge >= 0.3 is 0 Å². The van der Waals surface area contributed by atoms with Crippen LogP contribution in [-0.4, -0.2) is 48.7 Å². The van der Waals surface area contributed by atoms with Crippen LogP contribution in [-0.2, 0) is 25.7 Å². The third-order valence-corrected chi connectivity index (χ3v) is 7.49. The SMILES string of the molecule is CC(=O)N1C[C@H](NC(=O)[C@H](C)NCC2CC2=O)C(=O)N(Cc2c(C)ccc3ccccc23)c2ccccc21. The zero-order chi connectivity index (χ0) is 27.0. The highest BCUT2D eigenvalue weighted by atomic mass is 16.2. The molecule has 8 heteroatoms. The predicted molar refractivity (Wildman–Crippen MR) is 147 cm³/mol. The Bertz CT molecular complexity index is 1430. The summed E-state index contributed by atoms with van der Waals surface area (Å²) in [6.07, 6.45) is 0.539. The van der Waals surface area contributed by atoms with Gasteiger partial charge < -0.3 is 20.4 Å². The van der Waals surface area contributed by atoms with Crippen molar-refractivity contribution in [2.24, 2.45) is 5.92 Å². The van der Waals surface area contributed by atoms with E-state index in [4.69, 9.17) is 0 Å². The fourth-order valence-electron chi connectivity index (χ4n) is 5.05. The van der Waals surface area contributed by atoms with Crippen LogP contribution in [0.2, 0.25) is 0 Å². The number of ketones is 1. The van der Waals surface area contributed by atoms with Gasteiger partial charge in [0.25, 0.3) is 5.91 Å². The number of benzene rings is 3. The van der Waals surface area contributed by atoms with Crippen molar-refractivity contribution in [3.8, 4) is 0 Å². The van der Waals surface area contributed by atoms with Crippen molar-refractivity contribution in [1.29, 1.82) is 0 Å². The van der Waals surface area contributed by atoms with E-state index in [9.17, 15) is 19.2 Å². The van der Waals surface area contributed by atoms with E-state index in [1.807, 2.05) is 61.5 Å². The number of amides is 3. The second kappa shape index (κ2) is 10.4. The van der Waals surface area contributed by atoms with Crippen molar-refractivity contribution in [3.63, 3.8) is 0 Å². The van der Waals surface area contributed by atoms with Gasteiger partial charge in [-0.1, -0.05) is 48.5 Å². The number of Topliss-reactive ketones (excluding diaryl/α,β-unsaturated/α-hetero) is 1. The van der Waals surface area contributed by atoms with Gasteiger partial charge in [0.15, 0.2) is 0 Å². The number of anilines is 2. The van der Waals surface area contributed by atoms with Gasteiger partial charge in [-0.25, -0.2) is 0 Å². The summed E-state index contributed by atoms with van der Waals surface area (Å²) in [6, 6.07) is 18.0. The van der Waals surface area contributed by atoms with Crippen molar-refractivity contribution in [2.45, 2.75) is 45.8 Å². The van der Waals surface area contributed by atoms with Gasteiger partial charge in [0.1, 0.15) is 11.8 Å². The highest BCUT2D eigenvalue weighted by Crippen LogP contribution is 2.35. The summed E-state index contributed by atoms with van der Waals surface area (Å²) in [6.45, 7) is 5.94. The lowest BCUT2D eigenvalue weighted by atomic mass is 9.99. The molecule has 1 unspecified atom stereocenters. The highest BCUT2D eigenvalue weighted by molar-refractivity contribution is 6.08. The first-order chi connectivity index (χ1) is 18.2. The Balaban J connectivity index is 1.49. The maximum atomic E-state index is 14.1. The summed E-state index contributed by atoms with van der Waals surface area (Å²) in [7, 11) is 0. The normalized spacial score (nSPS) is 19.7. The molecule has 0 aromatic heterocycles. The summed E-state index contributed by atoms with van der Waals surface area (Å²) < 4.78 is 0. The fraction of sp³-hybridized carbons (Fsp3) is 0.333. The molecule has 8 nitrogen and oxygen atoms in total. The lowest BCUT2D eigenvalue weighted by Gasteiger charge is -2.27. The van der Waals surface area contributed by atoms with E-state index in [1.165, 1.54) is 6.92 Å². The van der Waals surface area contributed by atoms with Gasteiger partial charge in [0, 0.05) is 25.8 Å². The minimum Gasteiger partial charge on any atom is -0.341 e. The van der Waals surface area contributed by atoms with E-state index in [2.05, 4.69) is 16.7 Å². The van der Waals surface area contributed by atoms with Crippen LogP contribution in [0.3, 0.4) is 0 Å². The molecule has 0 saturated heterocycles. The number of nitrogens with one attached hydrogen (secondary N) is 2. The summed E-state index contributed by atoms with van der Waals surface area (Å²) in [5.74, 6) is -0.699. The standard InChI is InChI=1S/C30H32N4O4/c1-18-12-13-21-8-4-5-9-23(21)24(18)16-34-27-11-7-6-10-26(27)33(20(3)35)17-25(30(34)38)32-29(37)19(2)31-15-22-14-28(22)36/h4-13,19,22,25,31H,14-17H2,1-3H3,(H,32,37)/t19-,22?,25-/m0/s1. The predicted octanol–water partition coefficient (Wildman–Crippen LogP) is 3.10. The second-order valence-electron chi connectivity index (χ2n) is 10.2. The molecular formula is C30H32N4O4. The molecule has 1 aliphatic heterocycles. The average Bonchev–Trinajstić information content (AvgIpc) is 3.64. The maximum absolute atomic E-state index is 14.1. The van der Waals surface area contributed by atoms with Gasteiger partial charge in [-0.3, -0.25) is 19.2 Å². The molecule has 0 radical (unpaired) electrons. The minimum absolute atomic E-state index is 0.0236. The summed E-state index contributed by atoms with van der Waals surface area (Å²) in [5.41, 5.74) is 3.31. The van der Waals surface area contributed by atoms with Crippen LogP contribution < -0.4 is 20.4 Å². The molecule has 0 spiro atoms. The quantitative estimate of drug-likeness (QED) is 0.507. The van der Waals surface area contributed by atoms with E-state index >= 15 is 0 Å². The Kier molecular flexibility index (Phi) is 6.99. The first kappa shape index (κ1) is 25.6. The van der Waals surface area contributed by atoms with Crippen LogP contribution in [0.4, 0.5) is 11.4 Å². The van der Waals surface area contributed by atoms with Crippen LogP contribution in [0.1, 0.15) is 31.4 Å². The summed E-state index contributed by atoms with van der Waals surface area (Å²) in [5, 5.41) is 8.10. The minimum atomic E-state index is -0.944. The molecule has 3 aromatic carbocycles. The lowest BCUT2D eigenvalue weighted by molar-refractivity contribution is -0.128. The number of carbonyl (C=O) groups is 4. The average molecular weight is 513 g/mol. The van der Waals surface area contributed by atoms with Crippen molar-refractivity contribution >= 4 is 45.7 Å². The van der Waals surface area contributed by atoms with Gasteiger partial charge in [0.05, 0.1) is 30.5 Å². The molecule has 3 amide bonds. The van der Waals surface area contributed by atoms with Crippen LogP contribution in [0.15, 0.2) is 60.7 Å². The molecule has 1 heterocycles. The van der Waals surface area contributed by atoms with Gasteiger partial charge in [-0.2, -0.15) is 0 Å². The monoisotopic (exact) mass is 512 g/mol. The van der Waals surface area contributed by atoms with E-state index in [0.29, 0.717) is 30.9 Å². The number of rotatable bonds is 7. The van der Waals surface area contributed by atoms with Gasteiger partial charge in [-0.05, 0) is 47.9 Å². The third kappa shape index (κ3) is 5.04. The Labute approximate surface area is 222 Å². The maximum Gasteiger partial charge on any atom is 0.251 e. The number of hydrogen-bond donors (Lipinski definition) is 2. The van der Waals surface area contributed by atoms with Crippen LogP contribution in [0, 0.1) is 12.8 Å². The smallest absolute Gasteiger partial charge is 0.251 e. The van der Waals surface area contributed by atoms with Crippen molar-refractivity contribution in [1.82, 2.24) is 10.6 Å². The fourth-order valence-corrected chi connectivity index (χ4v) is 5.05. The molecule has 0 bridgehead atoms. The number of aryl methyl sites for hydroxylation is 1. The van der Waals surface area contributed by atoms with E-state index in [-0.39, 0.29) is 36.0 Å². The highest BCUT2D eigenvalue weighted by Gasteiger charge is 2.38. The third-order valence-electron chi connectivity index (χ3n) is 7.49. The zero-order valence-corrected chi connectivity index (χ0v) is 21.9. The molecule has 1 fully saturated rings. The van der Waals surface area contributed by atoms with Crippen LogP contribution in [0.5, 0.6) is 0 Å². The van der Waals surface area contributed by atoms with Crippen LogP contribution in [0.25, 0.3) is 10.8 Å². The van der Waals surface area contributed by atoms with Crippen LogP contribution >= 0.6 is 0 Å². The molecule has 1 saturated carbocycles. The number of para-hydroxylation sites is 2. The Hall–Kier alpha value is -4.04. The number of carbonyl (C=O) groups excluding carboxylic acids is 4. The van der Waals surface area contributed by atoms with Crippen molar-refractivity contribution < 1.29 is 19.2 Å². The van der Waals surface area contributed by atoms with Gasteiger partial charge in [-0.15, -0.1) is 0 Å². The molecule has 3 aromatic rings. The van der Waals surface area contributed by atoms with Gasteiger partial charge in [0.2, 0.25) is 11.8 Å². The molecule has 196 valence electrons. The number of hydrogen-bond acceptors (Lipinski definition) is 5. The first-order valence-electron chi connectivity index (χ1n) is 13.0. The Morgan fingerprint density at radius 1 is 1.00 bits per heavy atom. The van der Waals surface area contributed by atoms with E-state index < -0.39 is 12.1 Å². The Morgan fingerprint density at radius 2 is 1.68 bits per heavy atom. The summed E-state index contributed by atoms with van der Waals surface area (Å²) in [4.78, 5) is 54.5. The van der Waals surface area contributed by atoms with Crippen molar-refractivity contribution in [3.05, 3.63) is 71.8 Å². The molecule has 3 atom stereocenters. The molecule has 5 rings (SSSR count). The number of fused-ring (bicyclic) bond motifs is 2. The molecule has 38 heavy (non-hydrogen) atoms. The van der Waals surface area contributed by atoms with E-state index in [1.54, 1.807) is 16.7 Å². The summed E-state index contributed by atoms with van der Waals surface area (Å²) >= 11 is 0. The van der Waals surface area contributed by atoms with E-state index in [0.717, 1.165) is 21.9 Å². The first-order valence-corrected chi connectivity index (χ1v) is 13.0. The lowest BCUT2D eigenvalue weighted by Crippen LogP contribution is -2.56. The Morgan fingerprint density at radius 3 is 2.39 bits per heavy atom.